The van der Waals surface area contributed by atoms with E-state index in [0.29, 0.717) is 0 Å². The van der Waals surface area contributed by atoms with Gasteiger partial charge in [0.25, 0.3) is 0 Å². The fourth-order valence-electron chi connectivity index (χ4n) is 1.45. The minimum atomic E-state index is 0.839. The quantitative estimate of drug-likeness (QED) is 0.509. The zero-order valence-electron chi connectivity index (χ0n) is 6.75. The third-order valence-electron chi connectivity index (χ3n) is 2.07. The molecule has 0 saturated heterocycles. The Hall–Kier alpha value is -1.97. The van der Waals surface area contributed by atoms with E-state index in [2.05, 4.69) is 15.4 Å². The molecule has 0 saturated carbocycles. The van der Waals surface area contributed by atoms with Crippen LogP contribution < -0.4 is 0 Å². The van der Waals surface area contributed by atoms with Gasteiger partial charge in [0.2, 0.25) is 0 Å². The van der Waals surface area contributed by atoms with E-state index in [-0.39, 0.29) is 0 Å². The third-order valence-corrected chi connectivity index (χ3v) is 2.07. The molecule has 62 valence electrons. The molecule has 2 aliphatic rings. The second-order valence-electron chi connectivity index (χ2n) is 2.83. The van der Waals surface area contributed by atoms with Gasteiger partial charge in [0, 0.05) is 12.4 Å². The van der Waals surface area contributed by atoms with Crippen LogP contribution in [-0.4, -0.2) is 19.8 Å². The summed E-state index contributed by atoms with van der Waals surface area (Å²) in [5.41, 5.74) is 2.72. The van der Waals surface area contributed by atoms with Crippen molar-refractivity contribution in [2.24, 2.45) is 0 Å². The molecule has 0 amide bonds. The van der Waals surface area contributed by atoms with Crippen LogP contribution in [0.15, 0.2) is 36.7 Å². The lowest BCUT2D eigenvalue weighted by Crippen LogP contribution is -1.90. The number of rotatable bonds is 0. The molecule has 3 heterocycles. The van der Waals surface area contributed by atoms with Crippen LogP contribution in [0.5, 0.6) is 0 Å². The second-order valence-corrected chi connectivity index (χ2v) is 2.83. The largest absolute Gasteiger partial charge is 0.322 e. The molecular weight excluding hydrogens is 164 g/mol. The van der Waals surface area contributed by atoms with Gasteiger partial charge in [-0.1, -0.05) is 6.07 Å². The molecular formula is C9H6N4. The molecule has 0 atom stereocenters. The standard InChI is InChI=1S/C9H6N4/c1-2-5-13-6-4-7-9(8(13)3-1)11-12-10-7/h1-6H. The highest BCUT2D eigenvalue weighted by Gasteiger charge is 2.09. The predicted molar refractivity (Wildman–Crippen MR) is 47.4 cm³/mol. The van der Waals surface area contributed by atoms with Gasteiger partial charge >= 0.3 is 0 Å². The topological polar surface area (TPSA) is 43.1 Å². The Morgan fingerprint density at radius 1 is 1.00 bits per heavy atom. The SMILES string of the molecule is c1ccn2ccc3nnnc-3c2c1. The first-order valence-corrected chi connectivity index (χ1v) is 4.00. The maximum Gasteiger partial charge on any atom is 0.139 e. The molecule has 0 spiro atoms. The monoisotopic (exact) mass is 170 g/mol. The summed E-state index contributed by atoms with van der Waals surface area (Å²) >= 11 is 0. The van der Waals surface area contributed by atoms with Crippen molar-refractivity contribution in [3.05, 3.63) is 36.7 Å². The van der Waals surface area contributed by atoms with Gasteiger partial charge in [-0.3, -0.25) is 0 Å². The van der Waals surface area contributed by atoms with Gasteiger partial charge in [0.15, 0.2) is 0 Å². The number of nitrogens with zero attached hydrogens (tertiary/aromatic N) is 4. The van der Waals surface area contributed by atoms with Crippen LogP contribution in [0, 0.1) is 0 Å². The van der Waals surface area contributed by atoms with Gasteiger partial charge in [-0.05, 0) is 23.4 Å². The molecule has 0 unspecified atom stereocenters. The van der Waals surface area contributed by atoms with E-state index < -0.39 is 0 Å². The van der Waals surface area contributed by atoms with Gasteiger partial charge in [-0.25, -0.2) is 0 Å². The predicted octanol–water partition coefficient (Wildman–Crippen LogP) is 1.23. The molecule has 0 bridgehead atoms. The van der Waals surface area contributed by atoms with E-state index in [1.165, 1.54) is 0 Å². The van der Waals surface area contributed by atoms with Crippen molar-refractivity contribution < 1.29 is 0 Å². The summed E-state index contributed by atoms with van der Waals surface area (Å²) in [6.07, 6.45) is 3.93. The highest BCUT2D eigenvalue weighted by Crippen LogP contribution is 2.20. The zero-order valence-corrected chi connectivity index (χ0v) is 6.75. The molecule has 4 heteroatoms. The molecule has 2 aliphatic heterocycles. The van der Waals surface area contributed by atoms with E-state index in [1.807, 2.05) is 41.1 Å². The summed E-state index contributed by atoms with van der Waals surface area (Å²) < 4.78 is 2.00. The molecule has 0 radical (unpaired) electrons. The first-order chi connectivity index (χ1) is 6.45. The number of pyridine rings is 2. The second kappa shape index (κ2) is 2.26. The number of fused-ring (bicyclic) bond motifs is 3. The fourth-order valence-corrected chi connectivity index (χ4v) is 1.45. The molecule has 3 rings (SSSR count). The molecule has 0 N–H and O–H groups in total. The lowest BCUT2D eigenvalue weighted by Gasteiger charge is -2.02. The molecule has 4 nitrogen and oxygen atoms in total. The van der Waals surface area contributed by atoms with Crippen molar-refractivity contribution in [2.75, 3.05) is 0 Å². The van der Waals surface area contributed by atoms with Gasteiger partial charge < -0.3 is 4.40 Å². The van der Waals surface area contributed by atoms with E-state index in [0.717, 1.165) is 16.9 Å². The van der Waals surface area contributed by atoms with Crippen molar-refractivity contribution in [3.63, 3.8) is 0 Å². The van der Waals surface area contributed by atoms with Crippen LogP contribution in [0.25, 0.3) is 16.9 Å². The van der Waals surface area contributed by atoms with Crippen molar-refractivity contribution >= 4 is 5.52 Å². The number of hydrogen-bond donors (Lipinski definition) is 0. The van der Waals surface area contributed by atoms with Crippen molar-refractivity contribution in [1.82, 2.24) is 19.8 Å². The van der Waals surface area contributed by atoms with E-state index in [4.69, 9.17) is 0 Å². The molecule has 0 aromatic carbocycles. The Kier molecular flexibility index (Phi) is 1.14. The summed E-state index contributed by atoms with van der Waals surface area (Å²) in [5, 5.41) is 11.5. The smallest absolute Gasteiger partial charge is 0.139 e. The van der Waals surface area contributed by atoms with Gasteiger partial charge in [-0.2, -0.15) is 0 Å². The fraction of sp³-hybridized carbons (Fsp3) is 0. The Bertz CT molecular complexity index is 528. The van der Waals surface area contributed by atoms with Crippen molar-refractivity contribution in [2.45, 2.75) is 0 Å². The molecule has 0 fully saturated rings. The van der Waals surface area contributed by atoms with Crippen LogP contribution in [0.2, 0.25) is 0 Å². The molecule has 1 aromatic rings. The van der Waals surface area contributed by atoms with Crippen LogP contribution in [0.3, 0.4) is 0 Å². The van der Waals surface area contributed by atoms with Crippen LogP contribution in [-0.2, 0) is 0 Å². The molecule has 1 aromatic heterocycles. The van der Waals surface area contributed by atoms with E-state index >= 15 is 0 Å². The minimum Gasteiger partial charge on any atom is -0.322 e. The zero-order chi connectivity index (χ0) is 8.67. The number of aromatic nitrogens is 4. The summed E-state index contributed by atoms with van der Waals surface area (Å²) in [5.74, 6) is 0. The molecule has 13 heavy (non-hydrogen) atoms. The Balaban J connectivity index is 2.57. The maximum atomic E-state index is 3.96. The summed E-state index contributed by atoms with van der Waals surface area (Å²) in [6, 6.07) is 7.85. The van der Waals surface area contributed by atoms with Crippen molar-refractivity contribution in [3.8, 4) is 11.4 Å². The summed E-state index contributed by atoms with van der Waals surface area (Å²) in [6.45, 7) is 0. The van der Waals surface area contributed by atoms with Gasteiger partial charge in [0.05, 0.1) is 5.52 Å². The highest BCUT2D eigenvalue weighted by atomic mass is 15.3. The van der Waals surface area contributed by atoms with E-state index in [9.17, 15) is 0 Å². The summed E-state index contributed by atoms with van der Waals surface area (Å²) in [4.78, 5) is 0. The average Bonchev–Trinajstić information content (AvgIpc) is 2.65. The maximum absolute atomic E-state index is 3.96. The molecule has 0 aliphatic carbocycles. The third kappa shape index (κ3) is 0.823. The van der Waals surface area contributed by atoms with Crippen LogP contribution in [0.1, 0.15) is 0 Å². The van der Waals surface area contributed by atoms with Gasteiger partial charge in [-0.15, -0.1) is 10.2 Å². The lowest BCUT2D eigenvalue weighted by atomic mass is 10.2. The lowest BCUT2D eigenvalue weighted by molar-refractivity contribution is 0.953. The first-order valence-electron chi connectivity index (χ1n) is 4.00. The number of hydrogen-bond acceptors (Lipinski definition) is 3. The van der Waals surface area contributed by atoms with Crippen LogP contribution in [0.4, 0.5) is 0 Å². The van der Waals surface area contributed by atoms with Crippen molar-refractivity contribution in [1.29, 1.82) is 0 Å². The Labute approximate surface area is 74.2 Å². The average molecular weight is 170 g/mol. The first kappa shape index (κ1) is 6.54. The van der Waals surface area contributed by atoms with E-state index in [1.54, 1.807) is 0 Å². The van der Waals surface area contributed by atoms with Crippen LogP contribution >= 0.6 is 0 Å². The Morgan fingerprint density at radius 3 is 3.00 bits per heavy atom. The minimum absolute atomic E-state index is 0.839. The highest BCUT2D eigenvalue weighted by molar-refractivity contribution is 5.74. The van der Waals surface area contributed by atoms with Gasteiger partial charge in [0.1, 0.15) is 11.4 Å². The Morgan fingerprint density at radius 2 is 2.00 bits per heavy atom. The normalized spacial score (nSPS) is 11.1. The summed E-state index contributed by atoms with van der Waals surface area (Å²) in [7, 11) is 0.